The van der Waals surface area contributed by atoms with Crippen LogP contribution in [0.25, 0.3) is 11.1 Å². The van der Waals surface area contributed by atoms with Crippen LogP contribution in [-0.4, -0.2) is 5.16 Å². The molecule has 0 spiro atoms. The number of anilines is 1. The maximum absolute atomic E-state index is 14.1. The zero-order valence-corrected chi connectivity index (χ0v) is 11.5. The fourth-order valence-electron chi connectivity index (χ4n) is 3.74. The molecule has 1 aromatic heterocycles. The monoisotopic (exact) mass is 292 g/mol. The Hall–Kier alpha value is -1.55. The van der Waals surface area contributed by atoms with E-state index in [2.05, 4.69) is 5.16 Å². The van der Waals surface area contributed by atoms with Crippen molar-refractivity contribution >= 4 is 17.4 Å². The highest BCUT2D eigenvalue weighted by molar-refractivity contribution is 6.33. The largest absolute Gasteiger partial charge is 0.380 e. The summed E-state index contributed by atoms with van der Waals surface area (Å²) in [6.07, 6.45) is 3.69. The van der Waals surface area contributed by atoms with Gasteiger partial charge in [-0.05, 0) is 36.8 Å². The van der Waals surface area contributed by atoms with Crippen LogP contribution in [0.3, 0.4) is 0 Å². The smallest absolute Gasteiger partial charge is 0.175 e. The minimum atomic E-state index is -0.389. The van der Waals surface area contributed by atoms with Gasteiger partial charge in [0.1, 0.15) is 5.82 Å². The Labute approximate surface area is 120 Å². The van der Waals surface area contributed by atoms with Gasteiger partial charge in [-0.2, -0.15) is 0 Å². The Kier molecular flexibility index (Phi) is 2.58. The third-order valence-electron chi connectivity index (χ3n) is 4.67. The molecule has 0 radical (unpaired) electrons. The second-order valence-electron chi connectivity index (χ2n) is 5.69. The van der Waals surface area contributed by atoms with Crippen LogP contribution in [0, 0.1) is 17.7 Å². The molecule has 3 nitrogen and oxygen atoms in total. The number of nitrogens with zero attached hydrogens (tertiary/aromatic N) is 1. The first-order valence-electron chi connectivity index (χ1n) is 6.88. The number of aromatic nitrogens is 1. The van der Waals surface area contributed by atoms with E-state index in [1.54, 1.807) is 12.1 Å². The number of nitrogens with two attached hydrogens (primary N) is 1. The summed E-state index contributed by atoms with van der Waals surface area (Å²) in [5, 5.41) is 4.18. The maximum Gasteiger partial charge on any atom is 0.175 e. The molecule has 0 saturated heterocycles. The number of benzene rings is 1. The first-order chi connectivity index (χ1) is 9.68. The molecule has 2 N–H and O–H groups in total. The lowest BCUT2D eigenvalue weighted by Gasteiger charge is -2.07. The molecule has 4 rings (SSSR count). The van der Waals surface area contributed by atoms with Crippen LogP contribution < -0.4 is 5.73 Å². The standard InChI is InChI=1S/C15H14ClFN2O/c16-9-5-2-6-10(17)12(9)13-14(20-19-15(13)18)11-7-3-1-4-8(7)11/h2,5-8,11H,1,3-4H2,(H2,18,19). The van der Waals surface area contributed by atoms with Gasteiger partial charge in [0.25, 0.3) is 0 Å². The summed E-state index contributed by atoms with van der Waals surface area (Å²) >= 11 is 6.15. The fourth-order valence-corrected chi connectivity index (χ4v) is 4.00. The van der Waals surface area contributed by atoms with E-state index in [1.807, 2.05) is 0 Å². The van der Waals surface area contributed by atoms with Crippen LogP contribution in [0.1, 0.15) is 30.9 Å². The lowest BCUT2D eigenvalue weighted by molar-refractivity contribution is 0.376. The van der Waals surface area contributed by atoms with Crippen molar-refractivity contribution < 1.29 is 8.91 Å². The van der Waals surface area contributed by atoms with Crippen LogP contribution >= 0.6 is 11.6 Å². The van der Waals surface area contributed by atoms with E-state index in [-0.39, 0.29) is 11.6 Å². The number of rotatable bonds is 2. The van der Waals surface area contributed by atoms with Crippen molar-refractivity contribution in [2.75, 3.05) is 5.73 Å². The SMILES string of the molecule is Nc1noc(C2C3CCCC32)c1-c1c(F)cccc1Cl. The molecule has 1 heterocycles. The highest BCUT2D eigenvalue weighted by Gasteiger charge is 2.56. The molecule has 2 atom stereocenters. The van der Waals surface area contributed by atoms with Gasteiger partial charge in [0.15, 0.2) is 11.6 Å². The molecule has 20 heavy (non-hydrogen) atoms. The van der Waals surface area contributed by atoms with E-state index < -0.39 is 0 Å². The van der Waals surface area contributed by atoms with Gasteiger partial charge in [-0.15, -0.1) is 0 Å². The van der Waals surface area contributed by atoms with Crippen LogP contribution in [0.15, 0.2) is 22.7 Å². The van der Waals surface area contributed by atoms with Crippen molar-refractivity contribution in [3.05, 3.63) is 34.8 Å². The van der Waals surface area contributed by atoms with E-state index in [4.69, 9.17) is 21.9 Å². The third-order valence-corrected chi connectivity index (χ3v) is 4.98. The molecule has 2 unspecified atom stereocenters. The predicted octanol–water partition coefficient (Wildman–Crippen LogP) is 4.23. The molecule has 2 aliphatic carbocycles. The summed E-state index contributed by atoms with van der Waals surface area (Å²) < 4.78 is 19.6. The van der Waals surface area contributed by atoms with Crippen molar-refractivity contribution in [1.29, 1.82) is 0 Å². The average Bonchev–Trinajstić information content (AvgIpc) is 2.76. The minimum absolute atomic E-state index is 0.219. The normalized spacial score (nSPS) is 27.6. The molecule has 2 saturated carbocycles. The van der Waals surface area contributed by atoms with Crippen molar-refractivity contribution in [3.63, 3.8) is 0 Å². The first kappa shape index (κ1) is 12.2. The van der Waals surface area contributed by atoms with E-state index in [0.29, 0.717) is 39.7 Å². The van der Waals surface area contributed by atoms with Crippen LogP contribution in [0.4, 0.5) is 10.2 Å². The molecular weight excluding hydrogens is 279 g/mol. The summed E-state index contributed by atoms with van der Waals surface area (Å²) in [4.78, 5) is 0. The van der Waals surface area contributed by atoms with Gasteiger partial charge in [-0.1, -0.05) is 29.2 Å². The first-order valence-corrected chi connectivity index (χ1v) is 7.25. The van der Waals surface area contributed by atoms with Gasteiger partial charge in [0.05, 0.1) is 10.6 Å². The van der Waals surface area contributed by atoms with E-state index >= 15 is 0 Å². The molecule has 2 fully saturated rings. The molecular formula is C15H14ClFN2O. The Morgan fingerprint density at radius 2 is 2.00 bits per heavy atom. The molecule has 0 aliphatic heterocycles. The van der Waals surface area contributed by atoms with Gasteiger partial charge < -0.3 is 10.3 Å². The molecule has 1 aromatic carbocycles. The molecule has 2 aliphatic rings. The lowest BCUT2D eigenvalue weighted by Crippen LogP contribution is -1.95. The summed E-state index contributed by atoms with van der Waals surface area (Å²) in [6.45, 7) is 0. The van der Waals surface area contributed by atoms with Crippen LogP contribution in [-0.2, 0) is 0 Å². The van der Waals surface area contributed by atoms with Crippen molar-refractivity contribution in [2.24, 2.45) is 11.8 Å². The summed E-state index contributed by atoms with van der Waals surface area (Å²) in [5.74, 6) is 2.16. The fraction of sp³-hybridized carbons (Fsp3) is 0.400. The highest BCUT2D eigenvalue weighted by Crippen LogP contribution is 2.64. The van der Waals surface area contributed by atoms with Gasteiger partial charge in [-0.25, -0.2) is 4.39 Å². The average molecular weight is 293 g/mol. The van der Waals surface area contributed by atoms with Gasteiger partial charge in [0.2, 0.25) is 0 Å². The minimum Gasteiger partial charge on any atom is -0.380 e. The summed E-state index contributed by atoms with van der Waals surface area (Å²) in [7, 11) is 0. The van der Waals surface area contributed by atoms with Crippen LogP contribution in [0.2, 0.25) is 5.02 Å². The number of hydrogen-bond donors (Lipinski definition) is 1. The molecule has 104 valence electrons. The third kappa shape index (κ3) is 1.61. The van der Waals surface area contributed by atoms with Gasteiger partial charge in [0, 0.05) is 11.5 Å². The lowest BCUT2D eigenvalue weighted by atomic mass is 9.99. The second kappa shape index (κ2) is 4.22. The Balaban J connectivity index is 1.84. The van der Waals surface area contributed by atoms with Crippen molar-refractivity contribution in [1.82, 2.24) is 5.16 Å². The predicted molar refractivity (Wildman–Crippen MR) is 74.9 cm³/mol. The summed E-state index contributed by atoms with van der Waals surface area (Å²) in [6, 6.07) is 4.62. The van der Waals surface area contributed by atoms with E-state index in [9.17, 15) is 4.39 Å². The van der Waals surface area contributed by atoms with E-state index in [0.717, 1.165) is 0 Å². The summed E-state index contributed by atoms with van der Waals surface area (Å²) in [5.41, 5.74) is 6.76. The topological polar surface area (TPSA) is 52.0 Å². The molecule has 2 aromatic rings. The van der Waals surface area contributed by atoms with E-state index in [1.165, 1.54) is 25.3 Å². The quantitative estimate of drug-likeness (QED) is 0.901. The zero-order valence-electron chi connectivity index (χ0n) is 10.8. The molecule has 0 amide bonds. The van der Waals surface area contributed by atoms with Gasteiger partial charge >= 0.3 is 0 Å². The number of hydrogen-bond acceptors (Lipinski definition) is 3. The Morgan fingerprint density at radius 1 is 1.25 bits per heavy atom. The van der Waals surface area contributed by atoms with Crippen molar-refractivity contribution in [2.45, 2.75) is 25.2 Å². The number of fused-ring (bicyclic) bond motifs is 1. The zero-order chi connectivity index (χ0) is 13.9. The Bertz CT molecular complexity index is 654. The number of nitrogen functional groups attached to an aromatic ring is 1. The molecule has 0 bridgehead atoms. The Morgan fingerprint density at radius 3 is 2.70 bits per heavy atom. The maximum atomic E-state index is 14.1. The highest BCUT2D eigenvalue weighted by atomic mass is 35.5. The number of halogens is 2. The second-order valence-corrected chi connectivity index (χ2v) is 6.10. The molecule has 5 heteroatoms. The van der Waals surface area contributed by atoms with Crippen molar-refractivity contribution in [3.8, 4) is 11.1 Å². The van der Waals surface area contributed by atoms with Crippen LogP contribution in [0.5, 0.6) is 0 Å². The van der Waals surface area contributed by atoms with Gasteiger partial charge in [-0.3, -0.25) is 0 Å².